The van der Waals surface area contributed by atoms with E-state index in [4.69, 9.17) is 0 Å². The molecule has 58 valence electrons. The second-order valence-electron chi connectivity index (χ2n) is 2.61. The standard InChI is InChI=1S/C8H15NS/c1-3-4-5-10-6-8(2)9-7-10/h6-7,10H,3-5H2,1-2H3. The molecule has 0 saturated heterocycles. The van der Waals surface area contributed by atoms with Gasteiger partial charge >= 0.3 is 0 Å². The van der Waals surface area contributed by atoms with E-state index in [0.29, 0.717) is 0 Å². The predicted octanol–water partition coefficient (Wildman–Crippen LogP) is 2.69. The first kappa shape index (κ1) is 7.86. The molecule has 0 radical (unpaired) electrons. The summed E-state index contributed by atoms with van der Waals surface area (Å²) in [5, 5.41) is 2.31. The van der Waals surface area contributed by atoms with Gasteiger partial charge in [0, 0.05) is 11.2 Å². The van der Waals surface area contributed by atoms with Crippen molar-refractivity contribution < 1.29 is 0 Å². The molecule has 0 aromatic carbocycles. The Balaban J connectivity index is 2.26. The molecule has 1 unspecified atom stereocenters. The molecule has 0 aromatic rings. The topological polar surface area (TPSA) is 12.4 Å². The van der Waals surface area contributed by atoms with Crippen LogP contribution in [-0.2, 0) is 0 Å². The third-order valence-corrected chi connectivity index (χ3v) is 3.48. The van der Waals surface area contributed by atoms with Crippen LogP contribution in [-0.4, -0.2) is 11.3 Å². The van der Waals surface area contributed by atoms with Crippen molar-refractivity contribution in [3.8, 4) is 0 Å². The Labute approximate surface area is 65.6 Å². The van der Waals surface area contributed by atoms with Gasteiger partial charge in [0.25, 0.3) is 0 Å². The Morgan fingerprint density at radius 1 is 1.60 bits per heavy atom. The average Bonchev–Trinajstić information content (AvgIpc) is 2.31. The van der Waals surface area contributed by atoms with Crippen LogP contribution in [0.5, 0.6) is 0 Å². The summed E-state index contributed by atoms with van der Waals surface area (Å²) in [7, 11) is 0.0559. The first-order valence-corrected chi connectivity index (χ1v) is 5.48. The number of hydrogen-bond acceptors (Lipinski definition) is 1. The Morgan fingerprint density at radius 2 is 2.40 bits per heavy atom. The van der Waals surface area contributed by atoms with Gasteiger partial charge in [0.05, 0.1) is 0 Å². The lowest BCUT2D eigenvalue weighted by Crippen LogP contribution is -1.82. The van der Waals surface area contributed by atoms with Crippen LogP contribution in [0.4, 0.5) is 0 Å². The van der Waals surface area contributed by atoms with E-state index in [1.807, 2.05) is 0 Å². The summed E-state index contributed by atoms with van der Waals surface area (Å²) in [5.41, 5.74) is 3.34. The van der Waals surface area contributed by atoms with E-state index in [0.717, 1.165) is 0 Å². The zero-order chi connectivity index (χ0) is 7.40. The molecule has 0 fully saturated rings. The Kier molecular flexibility index (Phi) is 3.00. The number of unbranched alkanes of at least 4 members (excludes halogenated alkanes) is 1. The minimum absolute atomic E-state index is 0.0559. The summed E-state index contributed by atoms with van der Waals surface area (Å²) in [5.74, 6) is 1.34. The van der Waals surface area contributed by atoms with Crippen molar-refractivity contribution in [2.24, 2.45) is 4.99 Å². The van der Waals surface area contributed by atoms with Crippen LogP contribution in [0.25, 0.3) is 0 Å². The number of rotatable bonds is 3. The van der Waals surface area contributed by atoms with Gasteiger partial charge < -0.3 is 0 Å². The molecule has 0 spiro atoms. The van der Waals surface area contributed by atoms with Gasteiger partial charge in [-0.15, -0.1) is 0 Å². The maximum absolute atomic E-state index is 4.24. The normalized spacial score (nSPS) is 27.0. The minimum Gasteiger partial charge on any atom is -0.256 e. The number of thiol groups is 1. The first-order chi connectivity index (χ1) is 4.83. The third kappa shape index (κ3) is 2.18. The summed E-state index contributed by atoms with van der Waals surface area (Å²) >= 11 is 0. The molecular weight excluding hydrogens is 142 g/mol. The molecule has 1 atom stereocenters. The Morgan fingerprint density at radius 3 is 2.90 bits per heavy atom. The molecule has 0 bridgehead atoms. The van der Waals surface area contributed by atoms with Gasteiger partial charge in [-0.3, -0.25) is 4.99 Å². The fourth-order valence-corrected chi connectivity index (χ4v) is 2.80. The summed E-state index contributed by atoms with van der Waals surface area (Å²) in [6.07, 6.45) is 2.65. The lowest BCUT2D eigenvalue weighted by atomic mass is 10.4. The van der Waals surface area contributed by atoms with E-state index < -0.39 is 0 Å². The van der Waals surface area contributed by atoms with Crippen molar-refractivity contribution in [1.29, 1.82) is 0 Å². The van der Waals surface area contributed by atoms with Crippen LogP contribution in [0.3, 0.4) is 0 Å². The first-order valence-electron chi connectivity index (χ1n) is 3.81. The maximum Gasteiger partial charge on any atom is 0.0439 e. The Bertz CT molecular complexity index is 161. The number of allylic oxidation sites excluding steroid dienone is 1. The highest BCUT2D eigenvalue weighted by Crippen LogP contribution is 2.31. The van der Waals surface area contributed by atoms with Gasteiger partial charge in [0.15, 0.2) is 0 Å². The number of aliphatic imine (C=N–C) groups is 1. The lowest BCUT2D eigenvalue weighted by molar-refractivity contribution is 0.897. The lowest BCUT2D eigenvalue weighted by Gasteiger charge is -2.05. The van der Waals surface area contributed by atoms with E-state index >= 15 is 0 Å². The molecule has 1 rings (SSSR count). The molecule has 1 heterocycles. The Hall–Kier alpha value is -0.240. The van der Waals surface area contributed by atoms with Crippen molar-refractivity contribution in [3.63, 3.8) is 0 Å². The van der Waals surface area contributed by atoms with Gasteiger partial charge in [-0.25, -0.2) is 0 Å². The van der Waals surface area contributed by atoms with Gasteiger partial charge in [-0.1, -0.05) is 13.3 Å². The summed E-state index contributed by atoms with van der Waals surface area (Å²) in [6.45, 7) is 4.31. The molecule has 2 heteroatoms. The van der Waals surface area contributed by atoms with Crippen molar-refractivity contribution >= 4 is 16.4 Å². The van der Waals surface area contributed by atoms with Crippen molar-refractivity contribution in [2.75, 3.05) is 5.75 Å². The van der Waals surface area contributed by atoms with Crippen LogP contribution in [0.15, 0.2) is 16.1 Å². The summed E-state index contributed by atoms with van der Waals surface area (Å²) < 4.78 is 0. The van der Waals surface area contributed by atoms with E-state index in [1.165, 1.54) is 24.3 Å². The van der Waals surface area contributed by atoms with Crippen LogP contribution in [0.1, 0.15) is 26.7 Å². The summed E-state index contributed by atoms with van der Waals surface area (Å²) in [6, 6.07) is 0. The van der Waals surface area contributed by atoms with Crippen molar-refractivity contribution in [2.45, 2.75) is 26.7 Å². The van der Waals surface area contributed by atoms with Gasteiger partial charge in [-0.05, 0) is 24.5 Å². The zero-order valence-electron chi connectivity index (χ0n) is 6.67. The van der Waals surface area contributed by atoms with E-state index in [2.05, 4.69) is 29.8 Å². The van der Waals surface area contributed by atoms with Crippen LogP contribution in [0, 0.1) is 0 Å². The fraction of sp³-hybridized carbons (Fsp3) is 0.625. The maximum atomic E-state index is 4.24. The highest BCUT2D eigenvalue weighted by Gasteiger charge is 2.01. The van der Waals surface area contributed by atoms with Crippen LogP contribution >= 0.6 is 10.9 Å². The second-order valence-corrected chi connectivity index (χ2v) is 4.57. The van der Waals surface area contributed by atoms with Crippen LogP contribution < -0.4 is 0 Å². The molecular formula is C8H15NS. The van der Waals surface area contributed by atoms with E-state index in [9.17, 15) is 0 Å². The molecule has 1 aliphatic heterocycles. The van der Waals surface area contributed by atoms with Gasteiger partial charge in [-0.2, -0.15) is 10.9 Å². The average molecular weight is 157 g/mol. The molecule has 1 nitrogen and oxygen atoms in total. The van der Waals surface area contributed by atoms with Gasteiger partial charge in [0.2, 0.25) is 0 Å². The molecule has 0 amide bonds. The quantitative estimate of drug-likeness (QED) is 0.605. The highest BCUT2D eigenvalue weighted by atomic mass is 32.2. The van der Waals surface area contributed by atoms with Gasteiger partial charge in [0.1, 0.15) is 0 Å². The third-order valence-electron chi connectivity index (χ3n) is 1.53. The van der Waals surface area contributed by atoms with Crippen LogP contribution in [0.2, 0.25) is 0 Å². The highest BCUT2D eigenvalue weighted by molar-refractivity contribution is 8.31. The monoisotopic (exact) mass is 157 g/mol. The zero-order valence-corrected chi connectivity index (χ0v) is 7.56. The number of hydrogen-bond donors (Lipinski definition) is 1. The largest absolute Gasteiger partial charge is 0.256 e. The molecule has 0 aliphatic carbocycles. The second kappa shape index (κ2) is 3.81. The molecule has 0 N–H and O–H groups in total. The SMILES string of the molecule is CCCC[SH]1C=NC(C)=C1. The molecule has 10 heavy (non-hydrogen) atoms. The fourth-order valence-electron chi connectivity index (χ4n) is 0.935. The molecule has 1 aliphatic rings. The smallest absolute Gasteiger partial charge is 0.0439 e. The van der Waals surface area contributed by atoms with Crippen molar-refractivity contribution in [1.82, 2.24) is 0 Å². The van der Waals surface area contributed by atoms with E-state index in [1.54, 1.807) is 0 Å². The number of nitrogens with zero attached hydrogens (tertiary/aromatic N) is 1. The van der Waals surface area contributed by atoms with E-state index in [-0.39, 0.29) is 10.9 Å². The molecule has 0 aromatic heterocycles. The molecule has 0 saturated carbocycles. The summed E-state index contributed by atoms with van der Waals surface area (Å²) in [4.78, 5) is 4.24. The minimum atomic E-state index is 0.0559. The van der Waals surface area contributed by atoms with Crippen molar-refractivity contribution in [3.05, 3.63) is 11.1 Å². The predicted molar refractivity (Wildman–Crippen MR) is 51.0 cm³/mol.